The predicted molar refractivity (Wildman–Crippen MR) is 125 cm³/mol. The first-order valence-electron chi connectivity index (χ1n) is 10.9. The molecule has 0 bridgehead atoms. The number of carbonyl (C=O) groups excluding carboxylic acids is 1. The third-order valence-electron chi connectivity index (χ3n) is 5.18. The average molecular weight is 505 g/mol. The number of ether oxygens (including phenoxy) is 2. The van der Waals surface area contributed by atoms with Crippen LogP contribution in [0, 0.1) is 0 Å². The third kappa shape index (κ3) is 7.33. The van der Waals surface area contributed by atoms with Crippen LogP contribution in [0.4, 0.5) is 18.0 Å². The topological polar surface area (TPSA) is 113 Å². The zero-order valence-electron chi connectivity index (χ0n) is 19.4. The van der Waals surface area contributed by atoms with E-state index < -0.39 is 30.5 Å². The first kappa shape index (κ1) is 26.8. The van der Waals surface area contributed by atoms with Gasteiger partial charge in [0, 0.05) is 31.0 Å². The van der Waals surface area contributed by atoms with Crippen LogP contribution in [0.3, 0.4) is 0 Å². The summed E-state index contributed by atoms with van der Waals surface area (Å²) >= 11 is 0. The van der Waals surface area contributed by atoms with Gasteiger partial charge in [-0.05, 0) is 47.0 Å². The van der Waals surface area contributed by atoms with E-state index in [1.807, 2.05) is 6.07 Å². The lowest BCUT2D eigenvalue weighted by molar-refractivity contribution is -0.137. The molecule has 2 aromatic carbocycles. The van der Waals surface area contributed by atoms with Gasteiger partial charge in [-0.25, -0.2) is 4.79 Å². The monoisotopic (exact) mass is 505 g/mol. The van der Waals surface area contributed by atoms with E-state index in [4.69, 9.17) is 14.6 Å². The summed E-state index contributed by atoms with van der Waals surface area (Å²) < 4.78 is 49.1. The highest BCUT2D eigenvalue weighted by molar-refractivity contribution is 5.75. The molecular weight excluding hydrogens is 479 g/mol. The van der Waals surface area contributed by atoms with Crippen LogP contribution in [-0.4, -0.2) is 47.7 Å². The van der Waals surface area contributed by atoms with E-state index in [0.29, 0.717) is 28.2 Å². The van der Waals surface area contributed by atoms with Gasteiger partial charge in [0.2, 0.25) is 0 Å². The maximum Gasteiger partial charge on any atom is 0.416 e. The smallest absolute Gasteiger partial charge is 0.416 e. The van der Waals surface area contributed by atoms with Crippen molar-refractivity contribution in [2.24, 2.45) is 0 Å². The van der Waals surface area contributed by atoms with Crippen LogP contribution < -0.4 is 20.1 Å². The molecule has 3 rings (SSSR count). The van der Waals surface area contributed by atoms with Crippen molar-refractivity contribution in [1.29, 1.82) is 0 Å². The molecule has 0 radical (unpaired) electrons. The number of rotatable bonds is 10. The van der Waals surface area contributed by atoms with Crippen molar-refractivity contribution in [3.05, 3.63) is 77.6 Å². The van der Waals surface area contributed by atoms with Gasteiger partial charge in [0.25, 0.3) is 0 Å². The summed E-state index contributed by atoms with van der Waals surface area (Å²) in [4.78, 5) is 16.5. The molecule has 0 fully saturated rings. The van der Waals surface area contributed by atoms with Gasteiger partial charge in [-0.3, -0.25) is 4.98 Å². The number of nitrogens with zero attached hydrogens (tertiary/aromatic N) is 1. The van der Waals surface area contributed by atoms with Gasteiger partial charge in [-0.2, -0.15) is 13.2 Å². The largest absolute Gasteiger partial charge is 0.493 e. The fourth-order valence-electron chi connectivity index (χ4n) is 3.28. The summed E-state index contributed by atoms with van der Waals surface area (Å²) in [5.41, 5.74) is 1.88. The molecule has 1 atom stereocenters. The molecule has 0 unspecified atom stereocenters. The lowest BCUT2D eigenvalue weighted by Crippen LogP contribution is -2.34. The number of nitrogens with one attached hydrogen (secondary N) is 2. The Morgan fingerprint density at radius 3 is 2.42 bits per heavy atom. The predicted octanol–water partition coefficient (Wildman–Crippen LogP) is 3.51. The SMILES string of the molecule is COc1cc(CNC(=O)NCc2ccc(C(F)(F)F)cc2)c(-c2cccnc2)cc1OC[C@@H](O)CO. The number of methoxy groups -OCH3 is 1. The minimum absolute atomic E-state index is 0.0444. The Bertz CT molecular complexity index is 1140. The van der Waals surface area contributed by atoms with E-state index in [1.54, 1.807) is 30.6 Å². The average Bonchev–Trinajstić information content (AvgIpc) is 2.89. The third-order valence-corrected chi connectivity index (χ3v) is 5.18. The zero-order chi connectivity index (χ0) is 26.1. The molecule has 36 heavy (non-hydrogen) atoms. The van der Waals surface area contributed by atoms with Crippen molar-refractivity contribution in [2.75, 3.05) is 20.3 Å². The van der Waals surface area contributed by atoms with Crippen LogP contribution >= 0.6 is 0 Å². The summed E-state index contributed by atoms with van der Waals surface area (Å²) in [5.74, 6) is 0.689. The van der Waals surface area contributed by atoms with E-state index in [1.165, 1.54) is 19.2 Å². The number of hydrogen-bond donors (Lipinski definition) is 4. The summed E-state index contributed by atoms with van der Waals surface area (Å²) in [6.07, 6.45) is -2.22. The van der Waals surface area contributed by atoms with E-state index in [2.05, 4.69) is 15.6 Å². The molecule has 0 spiro atoms. The fourth-order valence-corrected chi connectivity index (χ4v) is 3.28. The maximum atomic E-state index is 12.7. The van der Waals surface area contributed by atoms with E-state index >= 15 is 0 Å². The first-order valence-corrected chi connectivity index (χ1v) is 10.9. The number of aromatic nitrogens is 1. The summed E-state index contributed by atoms with van der Waals surface area (Å²) in [7, 11) is 1.45. The molecule has 0 saturated carbocycles. The van der Waals surface area contributed by atoms with Crippen LogP contribution in [0.25, 0.3) is 11.1 Å². The molecule has 0 aliphatic rings. The number of aliphatic hydroxyl groups excluding tert-OH is 2. The van der Waals surface area contributed by atoms with Crippen molar-refractivity contribution in [2.45, 2.75) is 25.4 Å². The second kappa shape index (κ2) is 12.2. The van der Waals surface area contributed by atoms with Crippen molar-refractivity contribution >= 4 is 6.03 Å². The molecule has 1 heterocycles. The maximum absolute atomic E-state index is 12.7. The van der Waals surface area contributed by atoms with Crippen LogP contribution in [0.5, 0.6) is 11.5 Å². The number of aliphatic hydroxyl groups is 2. The number of hydrogen-bond acceptors (Lipinski definition) is 6. The number of benzene rings is 2. The van der Waals surface area contributed by atoms with Crippen molar-refractivity contribution in [1.82, 2.24) is 15.6 Å². The normalized spacial score (nSPS) is 12.1. The van der Waals surface area contributed by atoms with Gasteiger partial charge >= 0.3 is 12.2 Å². The Balaban J connectivity index is 1.72. The number of carbonyl (C=O) groups is 1. The zero-order valence-corrected chi connectivity index (χ0v) is 19.4. The lowest BCUT2D eigenvalue weighted by atomic mass is 10.00. The van der Waals surface area contributed by atoms with E-state index in [0.717, 1.165) is 17.7 Å². The molecular formula is C25H26F3N3O5. The van der Waals surface area contributed by atoms with Crippen LogP contribution in [-0.2, 0) is 19.3 Å². The Morgan fingerprint density at radius 2 is 1.81 bits per heavy atom. The van der Waals surface area contributed by atoms with Gasteiger partial charge < -0.3 is 30.3 Å². The summed E-state index contributed by atoms with van der Waals surface area (Å²) in [6, 6.07) is 11.0. The molecule has 1 aromatic heterocycles. The van der Waals surface area contributed by atoms with Gasteiger partial charge in [-0.15, -0.1) is 0 Å². The number of amides is 2. The first-order chi connectivity index (χ1) is 17.2. The number of alkyl halides is 3. The van der Waals surface area contributed by atoms with Gasteiger partial charge in [0.1, 0.15) is 12.7 Å². The second-order valence-electron chi connectivity index (χ2n) is 7.78. The molecule has 0 aliphatic carbocycles. The fraction of sp³-hybridized carbons (Fsp3) is 0.280. The van der Waals surface area contributed by atoms with Crippen molar-refractivity contribution < 1.29 is 37.7 Å². The Hall–Kier alpha value is -3.83. The molecule has 0 aliphatic heterocycles. The Kier molecular flexibility index (Phi) is 9.09. The highest BCUT2D eigenvalue weighted by Gasteiger charge is 2.29. The molecule has 11 heteroatoms. The standard InChI is InChI=1S/C25H26F3N3O5/c1-35-22-9-18(13-31-24(34)30-11-16-4-6-19(7-5-16)25(26,27)28)21(17-3-2-8-29-12-17)10-23(22)36-15-20(33)14-32/h2-10,12,20,32-33H,11,13-15H2,1H3,(H2,30,31,34)/t20-/m0/s1. The van der Waals surface area contributed by atoms with Crippen LogP contribution in [0.15, 0.2) is 60.9 Å². The highest BCUT2D eigenvalue weighted by atomic mass is 19.4. The van der Waals surface area contributed by atoms with Crippen molar-refractivity contribution in [3.63, 3.8) is 0 Å². The summed E-state index contributed by atoms with van der Waals surface area (Å²) in [6.45, 7) is -0.466. The number of urea groups is 1. The minimum Gasteiger partial charge on any atom is -0.493 e. The highest BCUT2D eigenvalue weighted by Crippen LogP contribution is 2.36. The van der Waals surface area contributed by atoms with Crippen LogP contribution in [0.1, 0.15) is 16.7 Å². The molecule has 8 nitrogen and oxygen atoms in total. The lowest BCUT2D eigenvalue weighted by Gasteiger charge is -2.18. The van der Waals surface area contributed by atoms with E-state index in [9.17, 15) is 23.1 Å². The Labute approximate surface area is 205 Å². The van der Waals surface area contributed by atoms with E-state index in [-0.39, 0.29) is 19.7 Å². The van der Waals surface area contributed by atoms with Gasteiger partial charge in [-0.1, -0.05) is 18.2 Å². The Morgan fingerprint density at radius 1 is 1.08 bits per heavy atom. The van der Waals surface area contributed by atoms with Gasteiger partial charge in [0.05, 0.1) is 19.3 Å². The molecule has 2 amide bonds. The van der Waals surface area contributed by atoms with Gasteiger partial charge in [0.15, 0.2) is 11.5 Å². The number of pyridine rings is 1. The second-order valence-corrected chi connectivity index (χ2v) is 7.78. The molecule has 0 saturated heterocycles. The quantitative estimate of drug-likeness (QED) is 0.336. The minimum atomic E-state index is -4.42. The van der Waals surface area contributed by atoms with Crippen LogP contribution in [0.2, 0.25) is 0 Å². The van der Waals surface area contributed by atoms with Crippen molar-refractivity contribution in [3.8, 4) is 22.6 Å². The molecule has 3 aromatic rings. The number of halogens is 3. The molecule has 192 valence electrons. The summed E-state index contributed by atoms with van der Waals surface area (Å²) in [5, 5.41) is 24.0. The molecule has 4 N–H and O–H groups in total.